The molecule has 0 aliphatic heterocycles. The second-order valence-electron chi connectivity index (χ2n) is 17.5. The molecular weight excluding hydrogens is 817 g/mol. The molecule has 0 fully saturated rings. The van der Waals surface area contributed by atoms with Crippen LogP contribution < -0.4 is 0 Å². The number of hydrogen-bond acceptors (Lipinski definition) is 6. The lowest BCUT2D eigenvalue weighted by molar-refractivity contribution is 0.662. The van der Waals surface area contributed by atoms with Crippen LogP contribution in [0.25, 0.3) is 165 Å². The van der Waals surface area contributed by atoms with Crippen molar-refractivity contribution in [2.24, 2.45) is 0 Å². The molecule has 0 saturated carbocycles. The average Bonchev–Trinajstić information content (AvgIpc) is 4.22. The highest BCUT2D eigenvalue weighted by molar-refractivity contribution is 6.25. The van der Waals surface area contributed by atoms with Crippen molar-refractivity contribution >= 4 is 132 Å². The van der Waals surface area contributed by atoms with Gasteiger partial charge in [-0.2, -0.15) is 0 Å². The molecule has 16 rings (SSSR count). The third kappa shape index (κ3) is 4.64. The maximum Gasteiger partial charge on any atom is 0.147 e. The zero-order valence-electron chi connectivity index (χ0n) is 34.8. The van der Waals surface area contributed by atoms with Gasteiger partial charge in [0.1, 0.15) is 67.0 Å². The van der Waals surface area contributed by atoms with E-state index in [9.17, 15) is 0 Å². The van der Waals surface area contributed by atoms with Gasteiger partial charge in [-0.1, -0.05) is 72.8 Å². The molecule has 6 aromatic heterocycles. The number of fused-ring (bicyclic) bond motifs is 21. The number of furan rings is 6. The highest BCUT2D eigenvalue weighted by atomic mass is 16.4. The minimum atomic E-state index is 0.815. The largest absolute Gasteiger partial charge is 0.456 e. The van der Waals surface area contributed by atoms with Crippen LogP contribution in [0.5, 0.6) is 0 Å². The van der Waals surface area contributed by atoms with Gasteiger partial charge in [0, 0.05) is 48.5 Å². The van der Waals surface area contributed by atoms with Gasteiger partial charge in [-0.3, -0.25) is 0 Å². The topological polar surface area (TPSA) is 78.8 Å². The van der Waals surface area contributed by atoms with Crippen LogP contribution in [-0.4, -0.2) is 0 Å². The first kappa shape index (κ1) is 34.5. The Morgan fingerprint density at radius 2 is 0.470 bits per heavy atom. The maximum atomic E-state index is 6.65. The maximum absolute atomic E-state index is 6.65. The molecule has 0 atom stereocenters. The Bertz CT molecular complexity index is 4280. The third-order valence-electron chi connectivity index (χ3n) is 13.9. The molecule has 0 aliphatic carbocycles. The Labute approximate surface area is 372 Å². The molecule has 0 bridgehead atoms. The summed E-state index contributed by atoms with van der Waals surface area (Å²) in [5, 5.41) is 12.4. The lowest BCUT2D eigenvalue weighted by Gasteiger charge is -2.12. The Morgan fingerprint density at radius 1 is 0.182 bits per heavy atom. The predicted molar refractivity (Wildman–Crippen MR) is 266 cm³/mol. The van der Waals surface area contributed by atoms with E-state index in [0.717, 1.165) is 165 Å². The summed E-state index contributed by atoms with van der Waals surface area (Å²) in [6.07, 6.45) is 0. The van der Waals surface area contributed by atoms with E-state index in [2.05, 4.69) is 127 Å². The summed E-state index contributed by atoms with van der Waals surface area (Å²) in [5.41, 5.74) is 16.5. The summed E-state index contributed by atoms with van der Waals surface area (Å²) < 4.78 is 38.6. The van der Waals surface area contributed by atoms with Crippen molar-refractivity contribution in [2.75, 3.05) is 0 Å². The van der Waals surface area contributed by atoms with Crippen LogP contribution in [0.3, 0.4) is 0 Å². The van der Waals surface area contributed by atoms with E-state index in [1.54, 1.807) is 0 Å². The van der Waals surface area contributed by atoms with Gasteiger partial charge in [0.2, 0.25) is 0 Å². The number of hydrogen-bond donors (Lipinski definition) is 0. The SMILES string of the molecule is c1ccc2c(c1)oc1ccc3c4cc(-c5cc(-c6ccc7oc8c(ccc9oc%10ccccc%10c98)c7c6)cc(-c6ccc7oc8c(ccc9oc%10ccccc%10c98)c7c6)c5)ccc4oc3c12. The van der Waals surface area contributed by atoms with E-state index in [-0.39, 0.29) is 0 Å². The average molecular weight is 847 g/mol. The molecule has 6 heterocycles. The van der Waals surface area contributed by atoms with Gasteiger partial charge in [-0.15, -0.1) is 0 Å². The van der Waals surface area contributed by atoms with Gasteiger partial charge in [0.25, 0.3) is 0 Å². The van der Waals surface area contributed by atoms with Crippen LogP contribution in [0.4, 0.5) is 0 Å². The fourth-order valence-corrected chi connectivity index (χ4v) is 10.8. The summed E-state index contributed by atoms with van der Waals surface area (Å²) in [6, 6.07) is 63.4. The minimum Gasteiger partial charge on any atom is -0.456 e. The number of benzene rings is 10. The molecule has 6 heteroatoms. The standard InChI is InChI=1S/C60H30O6/c1-4-10-46-40(7-1)55-52(61-46)22-16-37-43-28-31(13-19-49(43)64-58(37)55)34-25-35(32-14-20-50-44(29-32)38-17-23-53-56(59(38)65-50)41-8-2-5-11-47(41)62-53)27-36(26-34)33-15-21-51-45(30-33)39-18-24-54-57(60(39)66-51)42-9-3-6-12-48(42)63-54/h1-30H. The van der Waals surface area contributed by atoms with Crippen molar-refractivity contribution in [1.82, 2.24) is 0 Å². The zero-order valence-corrected chi connectivity index (χ0v) is 34.8. The van der Waals surface area contributed by atoms with Gasteiger partial charge in [-0.05, 0) is 143 Å². The lowest BCUT2D eigenvalue weighted by Crippen LogP contribution is -1.87. The molecule has 0 radical (unpaired) electrons. The normalized spacial score (nSPS) is 12.5. The van der Waals surface area contributed by atoms with E-state index in [1.165, 1.54) is 0 Å². The van der Waals surface area contributed by atoms with E-state index >= 15 is 0 Å². The van der Waals surface area contributed by atoms with Crippen molar-refractivity contribution in [2.45, 2.75) is 0 Å². The second kappa shape index (κ2) is 12.4. The van der Waals surface area contributed by atoms with Gasteiger partial charge < -0.3 is 26.5 Å². The van der Waals surface area contributed by atoms with Crippen LogP contribution >= 0.6 is 0 Å². The minimum absolute atomic E-state index is 0.815. The third-order valence-corrected chi connectivity index (χ3v) is 13.9. The molecule has 16 aromatic rings. The molecule has 6 nitrogen and oxygen atoms in total. The second-order valence-corrected chi connectivity index (χ2v) is 17.5. The molecule has 0 spiro atoms. The summed E-state index contributed by atoms with van der Waals surface area (Å²) in [6.45, 7) is 0. The van der Waals surface area contributed by atoms with E-state index < -0.39 is 0 Å². The summed E-state index contributed by atoms with van der Waals surface area (Å²) in [7, 11) is 0. The fourth-order valence-electron chi connectivity index (χ4n) is 10.8. The monoisotopic (exact) mass is 846 g/mol. The lowest BCUT2D eigenvalue weighted by atomic mass is 9.92. The van der Waals surface area contributed by atoms with E-state index in [4.69, 9.17) is 26.5 Å². The van der Waals surface area contributed by atoms with Crippen LogP contribution in [0, 0.1) is 0 Å². The molecule has 0 aliphatic rings. The van der Waals surface area contributed by atoms with Crippen molar-refractivity contribution in [3.05, 3.63) is 182 Å². The van der Waals surface area contributed by atoms with E-state index in [1.807, 2.05) is 54.6 Å². The number of rotatable bonds is 3. The smallest absolute Gasteiger partial charge is 0.147 e. The summed E-state index contributed by atoms with van der Waals surface area (Å²) in [4.78, 5) is 0. The van der Waals surface area contributed by atoms with Crippen LogP contribution in [-0.2, 0) is 0 Å². The fraction of sp³-hybridized carbons (Fsp3) is 0. The number of para-hydroxylation sites is 3. The van der Waals surface area contributed by atoms with Crippen LogP contribution in [0.15, 0.2) is 208 Å². The zero-order chi connectivity index (χ0) is 42.8. The van der Waals surface area contributed by atoms with Gasteiger partial charge in [-0.25, -0.2) is 0 Å². The first-order chi connectivity index (χ1) is 32.6. The van der Waals surface area contributed by atoms with Crippen molar-refractivity contribution in [1.29, 1.82) is 0 Å². The molecular formula is C60H30O6. The van der Waals surface area contributed by atoms with Crippen LogP contribution in [0.1, 0.15) is 0 Å². The highest BCUT2D eigenvalue weighted by Gasteiger charge is 2.21. The predicted octanol–water partition coefficient (Wildman–Crippen LogP) is 18.1. The summed E-state index contributed by atoms with van der Waals surface area (Å²) in [5.74, 6) is 0. The molecule has 0 N–H and O–H groups in total. The van der Waals surface area contributed by atoms with Crippen molar-refractivity contribution in [3.63, 3.8) is 0 Å². The Kier molecular flexibility index (Phi) is 6.47. The van der Waals surface area contributed by atoms with Crippen LogP contribution in [0.2, 0.25) is 0 Å². The quantitative estimate of drug-likeness (QED) is 0.176. The highest BCUT2D eigenvalue weighted by Crippen LogP contribution is 2.45. The van der Waals surface area contributed by atoms with Gasteiger partial charge in [0.05, 0.1) is 16.2 Å². The Hall–Kier alpha value is -9.00. The molecule has 0 amide bonds. The molecule has 10 aromatic carbocycles. The Morgan fingerprint density at radius 3 is 0.803 bits per heavy atom. The van der Waals surface area contributed by atoms with Crippen molar-refractivity contribution in [3.8, 4) is 33.4 Å². The Balaban J connectivity index is 0.912. The van der Waals surface area contributed by atoms with E-state index in [0.29, 0.717) is 0 Å². The first-order valence-corrected chi connectivity index (χ1v) is 22.1. The molecule has 66 heavy (non-hydrogen) atoms. The summed E-state index contributed by atoms with van der Waals surface area (Å²) >= 11 is 0. The first-order valence-electron chi connectivity index (χ1n) is 22.1. The molecule has 0 unspecified atom stereocenters. The molecule has 306 valence electrons. The van der Waals surface area contributed by atoms with Crippen molar-refractivity contribution < 1.29 is 26.5 Å². The van der Waals surface area contributed by atoms with Gasteiger partial charge in [0.15, 0.2) is 0 Å². The van der Waals surface area contributed by atoms with Gasteiger partial charge >= 0.3 is 0 Å². The molecule has 0 saturated heterocycles.